The predicted molar refractivity (Wildman–Crippen MR) is 76.5 cm³/mol. The van der Waals surface area contributed by atoms with Gasteiger partial charge in [0.05, 0.1) is 17.5 Å². The molecule has 6 heteroatoms. The topological polar surface area (TPSA) is 66.4 Å². The molecule has 1 unspecified atom stereocenters. The SMILES string of the molecule is O=C(O)CC(NC(=O)C1CCCC1)c1ccc(Cl)c(F)c1. The first kappa shape index (κ1) is 15.8. The highest BCUT2D eigenvalue weighted by Crippen LogP contribution is 2.27. The van der Waals surface area contributed by atoms with Crippen LogP contribution in [0.15, 0.2) is 18.2 Å². The standard InChI is InChI=1S/C15H17ClFNO3/c16-11-6-5-10(7-12(11)17)13(8-14(19)20)18-15(21)9-3-1-2-4-9/h5-7,9,13H,1-4,8H2,(H,18,21)(H,19,20). The fourth-order valence-corrected chi connectivity index (χ4v) is 2.75. The zero-order valence-corrected chi connectivity index (χ0v) is 12.2. The highest BCUT2D eigenvalue weighted by molar-refractivity contribution is 6.30. The molecule has 0 radical (unpaired) electrons. The third-order valence-electron chi connectivity index (χ3n) is 3.77. The molecule has 2 N–H and O–H groups in total. The molecule has 1 aliphatic carbocycles. The molecule has 0 saturated heterocycles. The summed E-state index contributed by atoms with van der Waals surface area (Å²) in [5.41, 5.74) is 0.408. The van der Waals surface area contributed by atoms with E-state index in [1.165, 1.54) is 18.2 Å². The van der Waals surface area contributed by atoms with Gasteiger partial charge < -0.3 is 10.4 Å². The van der Waals surface area contributed by atoms with Crippen molar-refractivity contribution in [1.29, 1.82) is 0 Å². The molecule has 1 amide bonds. The Labute approximate surface area is 127 Å². The number of hydrogen-bond donors (Lipinski definition) is 2. The number of amides is 1. The minimum absolute atomic E-state index is 0.0325. The molecule has 0 bridgehead atoms. The van der Waals surface area contributed by atoms with Crippen LogP contribution >= 0.6 is 11.6 Å². The second-order valence-electron chi connectivity index (χ2n) is 5.31. The lowest BCUT2D eigenvalue weighted by molar-refractivity contribution is -0.138. The number of carbonyl (C=O) groups excluding carboxylic acids is 1. The summed E-state index contributed by atoms with van der Waals surface area (Å²) >= 11 is 5.62. The van der Waals surface area contributed by atoms with Crippen LogP contribution in [0.1, 0.15) is 43.7 Å². The minimum Gasteiger partial charge on any atom is -0.481 e. The number of carboxylic acids is 1. The van der Waals surface area contributed by atoms with Crippen LogP contribution in [0.25, 0.3) is 0 Å². The predicted octanol–water partition coefficient (Wildman–Crippen LogP) is 3.30. The van der Waals surface area contributed by atoms with Gasteiger partial charge in [-0.1, -0.05) is 30.5 Å². The van der Waals surface area contributed by atoms with E-state index in [-0.39, 0.29) is 23.3 Å². The molecule has 0 aromatic heterocycles. The molecule has 1 atom stereocenters. The molecule has 1 aromatic rings. The average molecular weight is 314 g/mol. The summed E-state index contributed by atoms with van der Waals surface area (Å²) in [5.74, 6) is -1.91. The lowest BCUT2D eigenvalue weighted by atomic mass is 10.0. The Hall–Kier alpha value is -1.62. The maximum atomic E-state index is 13.5. The number of aliphatic carboxylic acids is 1. The summed E-state index contributed by atoms with van der Waals surface area (Å²) in [6.07, 6.45) is 3.37. The van der Waals surface area contributed by atoms with E-state index in [4.69, 9.17) is 16.7 Å². The number of benzene rings is 1. The van der Waals surface area contributed by atoms with E-state index < -0.39 is 17.8 Å². The zero-order valence-electron chi connectivity index (χ0n) is 11.4. The van der Waals surface area contributed by atoms with Crippen LogP contribution in [0.2, 0.25) is 5.02 Å². The Morgan fingerprint density at radius 3 is 2.62 bits per heavy atom. The molecule has 114 valence electrons. The molecular formula is C15H17ClFNO3. The number of nitrogens with one attached hydrogen (secondary N) is 1. The van der Waals surface area contributed by atoms with Crippen LogP contribution in [0.4, 0.5) is 4.39 Å². The van der Waals surface area contributed by atoms with Crippen molar-refractivity contribution in [2.45, 2.75) is 38.1 Å². The Bertz CT molecular complexity index is 544. The first-order valence-corrected chi connectivity index (χ1v) is 7.32. The molecule has 2 rings (SSSR count). The Kier molecular flexibility index (Phi) is 5.17. The number of carbonyl (C=O) groups is 2. The van der Waals surface area contributed by atoms with Gasteiger partial charge >= 0.3 is 5.97 Å². The summed E-state index contributed by atoms with van der Waals surface area (Å²) in [6, 6.07) is 3.32. The van der Waals surface area contributed by atoms with Gasteiger partial charge in [-0.25, -0.2) is 4.39 Å². The Balaban J connectivity index is 2.14. The van der Waals surface area contributed by atoms with Crippen LogP contribution in [-0.2, 0) is 9.59 Å². The number of carboxylic acid groups (broad SMARTS) is 1. The first-order chi connectivity index (χ1) is 9.97. The van der Waals surface area contributed by atoms with Gasteiger partial charge in [0.1, 0.15) is 5.82 Å². The fourth-order valence-electron chi connectivity index (χ4n) is 2.63. The molecule has 21 heavy (non-hydrogen) atoms. The van der Waals surface area contributed by atoms with Gasteiger partial charge in [0, 0.05) is 5.92 Å². The summed E-state index contributed by atoms with van der Waals surface area (Å²) in [5, 5.41) is 11.7. The third-order valence-corrected chi connectivity index (χ3v) is 4.07. The summed E-state index contributed by atoms with van der Waals surface area (Å²) in [4.78, 5) is 23.1. The zero-order chi connectivity index (χ0) is 15.4. The van der Waals surface area contributed by atoms with Crippen LogP contribution in [0.5, 0.6) is 0 Å². The molecule has 1 aromatic carbocycles. The van der Waals surface area contributed by atoms with E-state index >= 15 is 0 Å². The largest absolute Gasteiger partial charge is 0.481 e. The molecule has 0 aliphatic heterocycles. The van der Waals surface area contributed by atoms with Gasteiger partial charge in [0.15, 0.2) is 0 Å². The lowest BCUT2D eigenvalue weighted by Gasteiger charge is -2.20. The van der Waals surface area contributed by atoms with Crippen LogP contribution < -0.4 is 5.32 Å². The van der Waals surface area contributed by atoms with E-state index in [0.717, 1.165) is 25.7 Å². The van der Waals surface area contributed by atoms with Crippen molar-refractivity contribution in [3.63, 3.8) is 0 Å². The van der Waals surface area contributed by atoms with Crippen LogP contribution in [-0.4, -0.2) is 17.0 Å². The van der Waals surface area contributed by atoms with Crippen molar-refractivity contribution in [3.05, 3.63) is 34.6 Å². The lowest BCUT2D eigenvalue weighted by Crippen LogP contribution is -2.34. The molecule has 4 nitrogen and oxygen atoms in total. The third kappa shape index (κ3) is 4.17. The van der Waals surface area contributed by atoms with Gasteiger partial charge in [-0.2, -0.15) is 0 Å². The smallest absolute Gasteiger partial charge is 0.305 e. The number of rotatable bonds is 5. The van der Waals surface area contributed by atoms with Gasteiger partial charge in [0.25, 0.3) is 0 Å². The second kappa shape index (κ2) is 6.89. The maximum absolute atomic E-state index is 13.5. The van der Waals surface area contributed by atoms with Crippen molar-refractivity contribution in [2.24, 2.45) is 5.92 Å². The number of halogens is 2. The molecular weight excluding hydrogens is 297 g/mol. The van der Waals surface area contributed by atoms with E-state index in [0.29, 0.717) is 5.56 Å². The highest BCUT2D eigenvalue weighted by atomic mass is 35.5. The van der Waals surface area contributed by atoms with Gasteiger partial charge in [0.2, 0.25) is 5.91 Å². The van der Waals surface area contributed by atoms with Crippen molar-refractivity contribution in [1.82, 2.24) is 5.32 Å². The van der Waals surface area contributed by atoms with Crippen molar-refractivity contribution in [2.75, 3.05) is 0 Å². The molecule has 1 saturated carbocycles. The minimum atomic E-state index is -1.05. The molecule has 0 heterocycles. The summed E-state index contributed by atoms with van der Waals surface area (Å²) in [6.45, 7) is 0. The van der Waals surface area contributed by atoms with Crippen LogP contribution in [0.3, 0.4) is 0 Å². The van der Waals surface area contributed by atoms with Gasteiger partial charge in [-0.15, -0.1) is 0 Å². The monoisotopic (exact) mass is 313 g/mol. The quantitative estimate of drug-likeness (QED) is 0.876. The molecule has 0 spiro atoms. The highest BCUT2D eigenvalue weighted by Gasteiger charge is 2.26. The van der Waals surface area contributed by atoms with Gasteiger partial charge in [-0.05, 0) is 30.5 Å². The van der Waals surface area contributed by atoms with E-state index in [2.05, 4.69) is 5.32 Å². The van der Waals surface area contributed by atoms with Gasteiger partial charge in [-0.3, -0.25) is 9.59 Å². The van der Waals surface area contributed by atoms with Crippen molar-refractivity contribution in [3.8, 4) is 0 Å². The Morgan fingerprint density at radius 1 is 1.38 bits per heavy atom. The normalized spacial score (nSPS) is 16.7. The fraction of sp³-hybridized carbons (Fsp3) is 0.467. The van der Waals surface area contributed by atoms with Crippen molar-refractivity contribution >= 4 is 23.5 Å². The number of hydrogen-bond acceptors (Lipinski definition) is 2. The molecule has 1 aliphatic rings. The molecule has 1 fully saturated rings. The second-order valence-corrected chi connectivity index (χ2v) is 5.72. The van der Waals surface area contributed by atoms with Crippen molar-refractivity contribution < 1.29 is 19.1 Å². The Morgan fingerprint density at radius 2 is 2.05 bits per heavy atom. The average Bonchev–Trinajstić information content (AvgIpc) is 2.94. The van der Waals surface area contributed by atoms with E-state index in [1.54, 1.807) is 0 Å². The maximum Gasteiger partial charge on any atom is 0.305 e. The summed E-state index contributed by atoms with van der Waals surface area (Å²) in [7, 11) is 0. The first-order valence-electron chi connectivity index (χ1n) is 6.94. The summed E-state index contributed by atoms with van der Waals surface area (Å²) < 4.78 is 13.5. The van der Waals surface area contributed by atoms with E-state index in [1.807, 2.05) is 0 Å². The van der Waals surface area contributed by atoms with E-state index in [9.17, 15) is 14.0 Å². The van der Waals surface area contributed by atoms with Crippen LogP contribution in [0, 0.1) is 11.7 Å².